The van der Waals surface area contributed by atoms with Crippen LogP contribution in [0, 0.1) is 6.92 Å². The summed E-state index contributed by atoms with van der Waals surface area (Å²) in [7, 11) is 0. The van der Waals surface area contributed by atoms with Crippen LogP contribution in [-0.4, -0.2) is 15.0 Å². The minimum atomic E-state index is -0.0753. The number of aromatic nitrogens is 3. The second-order valence-corrected chi connectivity index (χ2v) is 11.2. The van der Waals surface area contributed by atoms with Crippen LogP contribution in [0.5, 0.6) is 0 Å². The first-order valence-electron chi connectivity index (χ1n) is 14.0. The van der Waals surface area contributed by atoms with E-state index < -0.39 is 0 Å². The first-order chi connectivity index (χ1) is 19.8. The summed E-state index contributed by atoms with van der Waals surface area (Å²) in [6.07, 6.45) is 6.05. The Hall–Kier alpha value is -4.89. The summed E-state index contributed by atoms with van der Waals surface area (Å²) < 4.78 is 0. The molecule has 6 rings (SSSR count). The standard InChI is InChI=1S/C38H33N3/c1-6-13-29(30-19-21-32-31-20-18-25(2)22-33(31)38(4,5)34(32)24-30)23-26(3)35-39-36(27-14-9-7-10-15-27)41-37(40-35)28-16-11-8-12-17-28/h6-24H,1H2,2-5H3/b26-23+,29-13+. The van der Waals surface area contributed by atoms with Crippen LogP contribution in [0.2, 0.25) is 0 Å². The van der Waals surface area contributed by atoms with E-state index in [2.05, 4.69) is 82.8 Å². The third-order valence-electron chi connectivity index (χ3n) is 7.89. The molecule has 200 valence electrons. The Bertz CT molecular complexity index is 1770. The van der Waals surface area contributed by atoms with Gasteiger partial charge in [-0.1, -0.05) is 129 Å². The Kier molecular flexibility index (Phi) is 6.80. The fourth-order valence-corrected chi connectivity index (χ4v) is 5.67. The van der Waals surface area contributed by atoms with Crippen LogP contribution in [0.4, 0.5) is 0 Å². The van der Waals surface area contributed by atoms with Gasteiger partial charge in [-0.2, -0.15) is 0 Å². The summed E-state index contributed by atoms with van der Waals surface area (Å²) in [4.78, 5) is 14.6. The van der Waals surface area contributed by atoms with Gasteiger partial charge in [0.15, 0.2) is 17.5 Å². The lowest BCUT2D eigenvalue weighted by molar-refractivity contribution is 0.659. The second-order valence-electron chi connectivity index (χ2n) is 11.2. The molecular weight excluding hydrogens is 498 g/mol. The number of nitrogens with zero attached hydrogens (tertiary/aromatic N) is 3. The lowest BCUT2D eigenvalue weighted by Gasteiger charge is -2.22. The fraction of sp³-hybridized carbons (Fsp3) is 0.132. The van der Waals surface area contributed by atoms with Crippen molar-refractivity contribution < 1.29 is 0 Å². The molecule has 0 amide bonds. The van der Waals surface area contributed by atoms with Gasteiger partial charge in [0.1, 0.15) is 0 Å². The van der Waals surface area contributed by atoms with Crippen LogP contribution < -0.4 is 0 Å². The van der Waals surface area contributed by atoms with Crippen molar-refractivity contribution in [2.75, 3.05) is 0 Å². The monoisotopic (exact) mass is 531 g/mol. The highest BCUT2D eigenvalue weighted by Crippen LogP contribution is 2.49. The molecule has 0 radical (unpaired) electrons. The van der Waals surface area contributed by atoms with E-state index >= 15 is 0 Å². The second kappa shape index (κ2) is 10.6. The van der Waals surface area contributed by atoms with E-state index in [1.54, 1.807) is 0 Å². The highest BCUT2D eigenvalue weighted by Gasteiger charge is 2.35. The van der Waals surface area contributed by atoms with Gasteiger partial charge in [0.25, 0.3) is 0 Å². The third-order valence-corrected chi connectivity index (χ3v) is 7.89. The molecule has 41 heavy (non-hydrogen) atoms. The van der Waals surface area contributed by atoms with Crippen molar-refractivity contribution in [2.45, 2.75) is 33.1 Å². The van der Waals surface area contributed by atoms with Crippen molar-refractivity contribution in [2.24, 2.45) is 0 Å². The highest BCUT2D eigenvalue weighted by molar-refractivity contribution is 5.87. The molecule has 1 aliphatic carbocycles. The molecule has 3 nitrogen and oxygen atoms in total. The van der Waals surface area contributed by atoms with Crippen molar-refractivity contribution in [1.29, 1.82) is 0 Å². The summed E-state index contributed by atoms with van der Waals surface area (Å²) in [5.74, 6) is 1.96. The van der Waals surface area contributed by atoms with Crippen molar-refractivity contribution in [3.8, 4) is 33.9 Å². The molecule has 0 unspecified atom stereocenters. The maximum atomic E-state index is 4.91. The molecule has 0 saturated carbocycles. The lowest BCUT2D eigenvalue weighted by atomic mass is 9.81. The molecule has 3 heteroatoms. The number of aryl methyl sites for hydroxylation is 1. The van der Waals surface area contributed by atoms with E-state index in [9.17, 15) is 0 Å². The van der Waals surface area contributed by atoms with Gasteiger partial charge in [-0.15, -0.1) is 0 Å². The zero-order chi connectivity index (χ0) is 28.6. The molecule has 0 saturated heterocycles. The van der Waals surface area contributed by atoms with E-state index in [1.807, 2.05) is 66.7 Å². The largest absolute Gasteiger partial charge is 0.209 e. The maximum Gasteiger partial charge on any atom is 0.164 e. The first kappa shape index (κ1) is 26.3. The highest BCUT2D eigenvalue weighted by atomic mass is 15.0. The summed E-state index contributed by atoms with van der Waals surface area (Å²) in [5, 5.41) is 0. The van der Waals surface area contributed by atoms with Gasteiger partial charge in [-0.3, -0.25) is 0 Å². The van der Waals surface area contributed by atoms with Crippen LogP contribution >= 0.6 is 0 Å². The zero-order valence-electron chi connectivity index (χ0n) is 24.0. The minimum absolute atomic E-state index is 0.0753. The normalized spacial score (nSPS) is 14.0. The molecule has 1 aliphatic rings. The Morgan fingerprint density at radius 2 is 1.27 bits per heavy atom. The van der Waals surface area contributed by atoms with Crippen LogP contribution in [0.15, 0.2) is 122 Å². The SMILES string of the molecule is C=C/C=C(\C=C(/C)c1nc(-c2ccccc2)nc(-c2ccccc2)n1)c1ccc2c(c1)C(C)(C)c1cc(C)ccc1-2. The van der Waals surface area contributed by atoms with Gasteiger partial charge >= 0.3 is 0 Å². The Morgan fingerprint density at radius 3 is 1.85 bits per heavy atom. The van der Waals surface area contributed by atoms with Crippen LogP contribution in [0.1, 0.15) is 48.8 Å². The molecule has 0 aliphatic heterocycles. The molecule has 0 fully saturated rings. The van der Waals surface area contributed by atoms with Crippen LogP contribution in [0.3, 0.4) is 0 Å². The number of rotatable bonds is 6. The van der Waals surface area contributed by atoms with Crippen LogP contribution in [0.25, 0.3) is 45.0 Å². The smallest absolute Gasteiger partial charge is 0.164 e. The van der Waals surface area contributed by atoms with Gasteiger partial charge in [-0.25, -0.2) is 15.0 Å². The average molecular weight is 532 g/mol. The molecule has 5 aromatic rings. The zero-order valence-corrected chi connectivity index (χ0v) is 24.0. The Labute approximate surface area is 242 Å². The third kappa shape index (κ3) is 4.96. The topological polar surface area (TPSA) is 38.7 Å². The Balaban J connectivity index is 1.44. The van der Waals surface area contributed by atoms with Crippen molar-refractivity contribution in [3.05, 3.63) is 150 Å². The van der Waals surface area contributed by atoms with Crippen molar-refractivity contribution >= 4 is 11.1 Å². The van der Waals surface area contributed by atoms with E-state index in [-0.39, 0.29) is 5.41 Å². The molecule has 0 bridgehead atoms. The molecular formula is C38H33N3. The van der Waals surface area contributed by atoms with E-state index in [0.717, 1.165) is 27.8 Å². The molecule has 0 N–H and O–H groups in total. The summed E-state index contributed by atoms with van der Waals surface area (Å²) in [5.41, 5.74) is 11.6. The quantitative estimate of drug-likeness (QED) is 0.205. The predicted octanol–water partition coefficient (Wildman–Crippen LogP) is 9.49. The number of hydrogen-bond acceptors (Lipinski definition) is 3. The first-order valence-corrected chi connectivity index (χ1v) is 14.0. The number of fused-ring (bicyclic) bond motifs is 3. The lowest BCUT2D eigenvalue weighted by Crippen LogP contribution is -2.15. The molecule has 1 heterocycles. The van der Waals surface area contributed by atoms with E-state index in [4.69, 9.17) is 15.0 Å². The molecule has 0 atom stereocenters. The van der Waals surface area contributed by atoms with E-state index in [0.29, 0.717) is 17.5 Å². The predicted molar refractivity (Wildman–Crippen MR) is 171 cm³/mol. The summed E-state index contributed by atoms with van der Waals surface area (Å²) >= 11 is 0. The molecule has 1 aromatic heterocycles. The van der Waals surface area contributed by atoms with Gasteiger partial charge < -0.3 is 0 Å². The average Bonchev–Trinajstić information content (AvgIpc) is 3.22. The van der Waals surface area contributed by atoms with E-state index in [1.165, 1.54) is 27.8 Å². The van der Waals surface area contributed by atoms with Crippen LogP contribution in [-0.2, 0) is 5.41 Å². The minimum Gasteiger partial charge on any atom is -0.209 e. The van der Waals surface area contributed by atoms with Gasteiger partial charge in [0.05, 0.1) is 0 Å². The Morgan fingerprint density at radius 1 is 0.707 bits per heavy atom. The maximum absolute atomic E-state index is 4.91. The van der Waals surface area contributed by atoms with Crippen molar-refractivity contribution in [1.82, 2.24) is 15.0 Å². The number of benzene rings is 4. The van der Waals surface area contributed by atoms with Gasteiger partial charge in [0, 0.05) is 16.5 Å². The fourth-order valence-electron chi connectivity index (χ4n) is 5.67. The number of hydrogen-bond donors (Lipinski definition) is 0. The molecule has 0 spiro atoms. The van der Waals surface area contributed by atoms with Crippen molar-refractivity contribution in [3.63, 3.8) is 0 Å². The molecule has 4 aromatic carbocycles. The number of allylic oxidation sites excluding steroid dienone is 5. The van der Waals surface area contributed by atoms with Gasteiger partial charge in [-0.05, 0) is 65.0 Å². The summed E-state index contributed by atoms with van der Waals surface area (Å²) in [6, 6.07) is 33.7. The summed E-state index contributed by atoms with van der Waals surface area (Å²) in [6.45, 7) is 12.9. The van der Waals surface area contributed by atoms with Gasteiger partial charge in [0.2, 0.25) is 0 Å².